The normalized spacial score (nSPS) is 12.1. The van der Waals surface area contributed by atoms with Gasteiger partial charge in [0.2, 0.25) is 0 Å². The van der Waals surface area contributed by atoms with Gasteiger partial charge in [-0.05, 0) is 23.8 Å². The largest absolute Gasteiger partial charge is 0.508 e. The minimum atomic E-state index is 0.0982. The summed E-state index contributed by atoms with van der Waals surface area (Å²) in [5, 5.41) is 9.34. The third-order valence-corrected chi connectivity index (χ3v) is 2.71. The lowest BCUT2D eigenvalue weighted by molar-refractivity contribution is 0.289. The van der Waals surface area contributed by atoms with Crippen LogP contribution in [0.3, 0.4) is 0 Å². The predicted molar refractivity (Wildman–Crippen MR) is 69.6 cm³/mol. The molecule has 0 saturated carbocycles. The molecule has 0 aliphatic heterocycles. The summed E-state index contributed by atoms with van der Waals surface area (Å²) in [5.74, 6) is 0.927. The lowest BCUT2D eigenvalue weighted by Crippen LogP contribution is -2.19. The molecule has 3 N–H and O–H groups in total. The van der Waals surface area contributed by atoms with E-state index >= 15 is 0 Å². The Balaban J connectivity index is 2.00. The van der Waals surface area contributed by atoms with Gasteiger partial charge in [-0.25, -0.2) is 0 Å². The second kappa shape index (κ2) is 6.02. The zero-order valence-electron chi connectivity index (χ0n) is 9.99. The van der Waals surface area contributed by atoms with Crippen molar-refractivity contribution in [1.29, 1.82) is 0 Å². The van der Waals surface area contributed by atoms with Crippen molar-refractivity contribution in [2.45, 2.75) is 5.92 Å². The van der Waals surface area contributed by atoms with Crippen LogP contribution in [0.2, 0.25) is 0 Å². The van der Waals surface area contributed by atoms with Gasteiger partial charge in [-0.3, -0.25) is 4.98 Å². The molecule has 0 aliphatic rings. The number of phenolic OH excluding ortho intramolecular Hbond substituents is 1. The Morgan fingerprint density at radius 2 is 2.17 bits per heavy atom. The smallest absolute Gasteiger partial charge is 0.123 e. The first kappa shape index (κ1) is 12.4. The summed E-state index contributed by atoms with van der Waals surface area (Å²) in [5.41, 5.74) is 6.80. The van der Waals surface area contributed by atoms with E-state index < -0.39 is 0 Å². The molecule has 1 atom stereocenters. The zero-order valence-corrected chi connectivity index (χ0v) is 9.99. The van der Waals surface area contributed by atoms with Crippen molar-refractivity contribution in [3.8, 4) is 11.5 Å². The first-order chi connectivity index (χ1) is 8.79. The number of aromatic nitrogens is 1. The molecule has 1 aromatic carbocycles. The molecule has 1 unspecified atom stereocenters. The summed E-state index contributed by atoms with van der Waals surface area (Å²) in [6.07, 6.45) is 3.52. The quantitative estimate of drug-likeness (QED) is 0.843. The number of aromatic hydroxyl groups is 1. The molecule has 4 heteroatoms. The first-order valence-electron chi connectivity index (χ1n) is 5.81. The third kappa shape index (κ3) is 3.21. The van der Waals surface area contributed by atoms with Crippen LogP contribution in [-0.4, -0.2) is 23.2 Å². The van der Waals surface area contributed by atoms with Crippen LogP contribution in [0.4, 0.5) is 0 Å². The number of hydrogen-bond donors (Lipinski definition) is 2. The number of phenols is 1. The van der Waals surface area contributed by atoms with Crippen LogP contribution in [0.5, 0.6) is 11.5 Å². The average molecular weight is 244 g/mol. The SMILES string of the molecule is NCC(COc1cccc(O)c1)c1cccnc1. The second-order valence-electron chi connectivity index (χ2n) is 4.03. The van der Waals surface area contributed by atoms with Crippen molar-refractivity contribution < 1.29 is 9.84 Å². The highest BCUT2D eigenvalue weighted by Crippen LogP contribution is 2.20. The third-order valence-electron chi connectivity index (χ3n) is 2.71. The molecule has 94 valence electrons. The van der Waals surface area contributed by atoms with Crippen LogP contribution in [0.1, 0.15) is 11.5 Å². The van der Waals surface area contributed by atoms with E-state index in [0.717, 1.165) is 5.56 Å². The molecular formula is C14H16N2O2. The van der Waals surface area contributed by atoms with Gasteiger partial charge in [0, 0.05) is 30.9 Å². The molecule has 0 spiro atoms. The fourth-order valence-corrected chi connectivity index (χ4v) is 1.69. The van der Waals surface area contributed by atoms with Gasteiger partial charge in [-0.2, -0.15) is 0 Å². The number of nitrogens with zero attached hydrogens (tertiary/aromatic N) is 1. The second-order valence-corrected chi connectivity index (χ2v) is 4.03. The van der Waals surface area contributed by atoms with E-state index in [1.165, 1.54) is 0 Å². The van der Waals surface area contributed by atoms with Gasteiger partial charge in [0.1, 0.15) is 11.5 Å². The van der Waals surface area contributed by atoms with Crippen molar-refractivity contribution in [3.63, 3.8) is 0 Å². The summed E-state index contributed by atoms with van der Waals surface area (Å²) in [6, 6.07) is 10.6. The number of nitrogens with two attached hydrogens (primary N) is 1. The van der Waals surface area contributed by atoms with Crippen molar-refractivity contribution in [2.75, 3.05) is 13.2 Å². The first-order valence-corrected chi connectivity index (χ1v) is 5.81. The van der Waals surface area contributed by atoms with Gasteiger partial charge >= 0.3 is 0 Å². The van der Waals surface area contributed by atoms with Gasteiger partial charge in [-0.1, -0.05) is 12.1 Å². The van der Waals surface area contributed by atoms with Gasteiger partial charge < -0.3 is 15.6 Å². The van der Waals surface area contributed by atoms with Gasteiger partial charge in [0.15, 0.2) is 0 Å². The fourth-order valence-electron chi connectivity index (χ4n) is 1.69. The van der Waals surface area contributed by atoms with Crippen molar-refractivity contribution in [2.24, 2.45) is 5.73 Å². The Labute approximate surface area is 106 Å². The molecule has 0 radical (unpaired) electrons. The van der Waals surface area contributed by atoms with Crippen molar-refractivity contribution >= 4 is 0 Å². The maximum atomic E-state index is 9.34. The maximum Gasteiger partial charge on any atom is 0.123 e. The highest BCUT2D eigenvalue weighted by atomic mass is 16.5. The van der Waals surface area contributed by atoms with Crippen molar-refractivity contribution in [1.82, 2.24) is 4.98 Å². The van der Waals surface area contributed by atoms with Crippen LogP contribution >= 0.6 is 0 Å². The summed E-state index contributed by atoms with van der Waals surface area (Å²) >= 11 is 0. The van der Waals surface area contributed by atoms with E-state index in [-0.39, 0.29) is 11.7 Å². The van der Waals surface area contributed by atoms with Gasteiger partial charge in [0.05, 0.1) is 6.61 Å². The number of rotatable bonds is 5. The van der Waals surface area contributed by atoms with Crippen LogP contribution in [-0.2, 0) is 0 Å². The minimum Gasteiger partial charge on any atom is -0.508 e. The lowest BCUT2D eigenvalue weighted by Gasteiger charge is -2.15. The van der Waals surface area contributed by atoms with Crippen LogP contribution in [0.15, 0.2) is 48.8 Å². The molecule has 0 amide bonds. The van der Waals surface area contributed by atoms with Crippen LogP contribution in [0, 0.1) is 0 Å². The molecule has 1 heterocycles. The minimum absolute atomic E-state index is 0.0982. The fraction of sp³-hybridized carbons (Fsp3) is 0.214. The van der Waals surface area contributed by atoms with E-state index in [2.05, 4.69) is 4.98 Å². The Morgan fingerprint density at radius 1 is 1.28 bits per heavy atom. The Bertz CT molecular complexity index is 488. The molecule has 4 nitrogen and oxygen atoms in total. The molecule has 1 aromatic heterocycles. The van der Waals surface area contributed by atoms with E-state index in [1.807, 2.05) is 12.1 Å². The number of pyridine rings is 1. The van der Waals surface area contributed by atoms with Gasteiger partial charge in [-0.15, -0.1) is 0 Å². The lowest BCUT2D eigenvalue weighted by atomic mass is 10.0. The molecule has 2 rings (SSSR count). The zero-order chi connectivity index (χ0) is 12.8. The monoisotopic (exact) mass is 244 g/mol. The van der Waals surface area contributed by atoms with Gasteiger partial charge in [0.25, 0.3) is 0 Å². The molecular weight excluding hydrogens is 228 g/mol. The predicted octanol–water partition coefficient (Wildman–Crippen LogP) is 1.91. The summed E-state index contributed by atoms with van der Waals surface area (Å²) in [4.78, 5) is 4.07. The number of benzene rings is 1. The molecule has 0 aliphatic carbocycles. The van der Waals surface area contributed by atoms with E-state index in [1.54, 1.807) is 36.7 Å². The van der Waals surface area contributed by atoms with E-state index in [9.17, 15) is 5.11 Å². The maximum absolute atomic E-state index is 9.34. The van der Waals surface area contributed by atoms with Crippen molar-refractivity contribution in [3.05, 3.63) is 54.4 Å². The summed E-state index contributed by atoms with van der Waals surface area (Å²) < 4.78 is 5.63. The molecule has 18 heavy (non-hydrogen) atoms. The molecule has 0 bridgehead atoms. The van der Waals surface area contributed by atoms with Crippen LogP contribution < -0.4 is 10.5 Å². The van der Waals surface area contributed by atoms with Crippen LogP contribution in [0.25, 0.3) is 0 Å². The van der Waals surface area contributed by atoms with E-state index in [0.29, 0.717) is 18.9 Å². The Morgan fingerprint density at radius 3 is 2.83 bits per heavy atom. The molecule has 0 fully saturated rings. The highest BCUT2D eigenvalue weighted by molar-refractivity contribution is 5.31. The number of ether oxygens (including phenoxy) is 1. The highest BCUT2D eigenvalue weighted by Gasteiger charge is 2.10. The Kier molecular flexibility index (Phi) is 4.15. The molecule has 2 aromatic rings. The number of hydrogen-bond acceptors (Lipinski definition) is 4. The summed E-state index contributed by atoms with van der Waals surface area (Å²) in [6.45, 7) is 0.955. The molecule has 0 saturated heterocycles. The Hall–Kier alpha value is -2.07. The topological polar surface area (TPSA) is 68.4 Å². The standard InChI is InChI=1S/C14H16N2O2/c15-8-12(11-3-2-6-16-9-11)10-18-14-5-1-4-13(17)7-14/h1-7,9,12,17H,8,10,15H2. The summed E-state index contributed by atoms with van der Waals surface area (Å²) in [7, 11) is 0. The average Bonchev–Trinajstić information content (AvgIpc) is 2.41. The van der Waals surface area contributed by atoms with E-state index in [4.69, 9.17) is 10.5 Å².